The normalized spacial score (nSPS) is 9.55. The smallest absolute Gasteiger partial charge is 0 e. The van der Waals surface area contributed by atoms with Gasteiger partial charge < -0.3 is 4.98 Å². The van der Waals surface area contributed by atoms with Gasteiger partial charge in [0.1, 0.15) is 0 Å². The van der Waals surface area contributed by atoms with Gasteiger partial charge in [0.15, 0.2) is 0 Å². The van der Waals surface area contributed by atoms with Crippen LogP contribution in [-0.4, -0.2) is 4.98 Å². The molecule has 1 aromatic carbocycles. The summed E-state index contributed by atoms with van der Waals surface area (Å²) in [6.45, 7) is 2.08. The number of benzene rings is 1. The fourth-order valence-electron chi connectivity index (χ4n) is 0.917. The molecule has 0 aliphatic carbocycles. The van der Waals surface area contributed by atoms with Gasteiger partial charge in [0, 0.05) is 18.6 Å². The quantitative estimate of drug-likeness (QED) is 0.593. The molecule has 3 heteroatoms. The van der Waals surface area contributed by atoms with Crippen molar-refractivity contribution in [2.45, 2.75) is 6.92 Å². The predicted molar refractivity (Wildman–Crippen MR) is 43.2 cm³/mol. The second kappa shape index (κ2) is 3.39. The fraction of sp³-hybridized carbons (Fsp3) is 0.125. The van der Waals surface area contributed by atoms with E-state index in [-0.39, 0.29) is 18.6 Å². The Morgan fingerprint density at radius 3 is 3.09 bits per heavy atom. The van der Waals surface area contributed by atoms with Crippen molar-refractivity contribution in [3.63, 3.8) is 0 Å². The fourth-order valence-corrected chi connectivity index (χ4v) is 1.62. The average molecular weight is 199 g/mol. The summed E-state index contributed by atoms with van der Waals surface area (Å²) in [4.78, 5) is 4.05. The van der Waals surface area contributed by atoms with Gasteiger partial charge in [-0.2, -0.15) is 0 Å². The summed E-state index contributed by atoms with van der Waals surface area (Å²) in [6.07, 6.45) is 0. The first-order valence-electron chi connectivity index (χ1n) is 3.09. The van der Waals surface area contributed by atoms with Crippen LogP contribution in [0.5, 0.6) is 0 Å². The zero-order valence-corrected chi connectivity index (χ0v) is 8.25. The van der Waals surface area contributed by atoms with Crippen molar-refractivity contribution in [1.82, 2.24) is 4.98 Å². The van der Waals surface area contributed by atoms with Gasteiger partial charge in [0.05, 0.1) is 0 Å². The molecule has 1 aromatic heterocycles. The molecule has 1 nitrogen and oxygen atoms in total. The molecule has 0 spiro atoms. The average Bonchev–Trinajstić information content (AvgIpc) is 2.33. The number of rotatable bonds is 0. The Balaban J connectivity index is 0.000000605. The predicted octanol–water partition coefficient (Wildman–Crippen LogP) is 2.40. The molecule has 0 N–H and O–H groups in total. The van der Waals surface area contributed by atoms with Crippen LogP contribution in [0.25, 0.3) is 10.2 Å². The Hall–Kier alpha value is -0.306. The van der Waals surface area contributed by atoms with Crippen LogP contribution in [0.15, 0.2) is 18.2 Å². The molecule has 0 saturated heterocycles. The molecule has 1 heterocycles. The number of aryl methyl sites for hydroxylation is 1. The largest absolute Gasteiger partial charge is 0.386 e. The van der Waals surface area contributed by atoms with E-state index in [9.17, 15) is 0 Å². The number of thiazole rings is 1. The summed E-state index contributed by atoms with van der Waals surface area (Å²) in [5, 5.41) is 0. The van der Waals surface area contributed by atoms with E-state index in [1.807, 2.05) is 6.07 Å². The Morgan fingerprint density at radius 2 is 2.27 bits per heavy atom. The molecule has 0 unspecified atom stereocenters. The van der Waals surface area contributed by atoms with Crippen LogP contribution in [-0.2, 0) is 18.6 Å². The number of hydrogen-bond donors (Lipinski definition) is 0. The van der Waals surface area contributed by atoms with Crippen molar-refractivity contribution in [1.29, 1.82) is 0 Å². The van der Waals surface area contributed by atoms with E-state index in [4.69, 9.17) is 0 Å². The van der Waals surface area contributed by atoms with Crippen molar-refractivity contribution < 1.29 is 18.6 Å². The van der Waals surface area contributed by atoms with Gasteiger partial charge in [0.25, 0.3) is 0 Å². The van der Waals surface area contributed by atoms with Crippen LogP contribution in [0.1, 0.15) is 5.56 Å². The first-order chi connectivity index (χ1) is 4.86. The Kier molecular flexibility index (Phi) is 2.71. The molecule has 0 aliphatic heterocycles. The van der Waals surface area contributed by atoms with Gasteiger partial charge in [-0.1, -0.05) is 21.8 Å². The van der Waals surface area contributed by atoms with Crippen molar-refractivity contribution in [2.24, 2.45) is 0 Å². The SMILES string of the molecule is Cc1ccc2n[c-]sc2c1.[V]. The van der Waals surface area contributed by atoms with Crippen LogP contribution < -0.4 is 0 Å². The summed E-state index contributed by atoms with van der Waals surface area (Å²) in [5.41, 5.74) is 5.19. The Labute approximate surface area is 81.3 Å². The minimum atomic E-state index is 0. The van der Waals surface area contributed by atoms with Gasteiger partial charge >= 0.3 is 0 Å². The Morgan fingerprint density at radius 1 is 1.45 bits per heavy atom. The number of nitrogens with zero attached hydrogens (tertiary/aromatic N) is 1. The summed E-state index contributed by atoms with van der Waals surface area (Å²) < 4.78 is 1.22. The Bertz CT molecular complexity index is 356. The van der Waals surface area contributed by atoms with Crippen molar-refractivity contribution >= 4 is 21.6 Å². The van der Waals surface area contributed by atoms with Crippen LogP contribution in [0.3, 0.4) is 0 Å². The summed E-state index contributed by atoms with van der Waals surface area (Å²) >= 11 is 1.57. The molecule has 0 amide bonds. The molecule has 2 rings (SSSR count). The first-order valence-corrected chi connectivity index (χ1v) is 3.91. The maximum Gasteiger partial charge on any atom is 0 e. The molecule has 11 heavy (non-hydrogen) atoms. The maximum absolute atomic E-state index is 4.05. The van der Waals surface area contributed by atoms with Crippen molar-refractivity contribution in [3.05, 3.63) is 29.3 Å². The standard InChI is InChI=1S/C8H6NS.V/c1-6-2-3-7-8(4-6)10-5-9-7;/h2-4H,1H3;/q-1;. The van der Waals surface area contributed by atoms with E-state index < -0.39 is 0 Å². The number of fused-ring (bicyclic) bond motifs is 1. The molecule has 55 valence electrons. The molecule has 2 aromatic rings. The zero-order chi connectivity index (χ0) is 6.97. The van der Waals surface area contributed by atoms with Gasteiger partial charge in [-0.3, -0.25) is 11.3 Å². The van der Waals surface area contributed by atoms with Crippen molar-refractivity contribution in [3.8, 4) is 0 Å². The molecule has 0 aliphatic rings. The van der Waals surface area contributed by atoms with Crippen LogP contribution in [0.4, 0.5) is 0 Å². The summed E-state index contributed by atoms with van der Waals surface area (Å²) in [6, 6.07) is 6.22. The second-order valence-corrected chi connectivity index (χ2v) is 3.10. The molecular formula is C8H6NSV-. The number of hydrogen-bond acceptors (Lipinski definition) is 2. The molecular weight excluding hydrogens is 193 g/mol. The molecule has 0 fully saturated rings. The summed E-state index contributed by atoms with van der Waals surface area (Å²) in [7, 11) is 0. The first kappa shape index (κ1) is 8.79. The zero-order valence-electron chi connectivity index (χ0n) is 6.03. The minimum absolute atomic E-state index is 0. The third kappa shape index (κ3) is 1.64. The van der Waals surface area contributed by atoms with E-state index in [2.05, 4.69) is 29.6 Å². The van der Waals surface area contributed by atoms with E-state index in [0.29, 0.717) is 0 Å². The van der Waals surface area contributed by atoms with Gasteiger partial charge in [-0.05, 0) is 12.4 Å². The third-order valence-corrected chi connectivity index (χ3v) is 2.17. The van der Waals surface area contributed by atoms with E-state index in [0.717, 1.165) is 5.52 Å². The number of aromatic nitrogens is 1. The molecule has 0 bridgehead atoms. The van der Waals surface area contributed by atoms with E-state index in [1.54, 1.807) is 11.3 Å². The third-order valence-electron chi connectivity index (χ3n) is 1.44. The molecule has 1 radical (unpaired) electrons. The monoisotopic (exact) mass is 199 g/mol. The molecule has 0 saturated carbocycles. The topological polar surface area (TPSA) is 12.9 Å². The van der Waals surface area contributed by atoms with E-state index in [1.165, 1.54) is 10.3 Å². The minimum Gasteiger partial charge on any atom is -0.386 e. The van der Waals surface area contributed by atoms with Gasteiger partial charge in [-0.15, -0.1) is 12.1 Å². The van der Waals surface area contributed by atoms with Crippen LogP contribution in [0.2, 0.25) is 0 Å². The van der Waals surface area contributed by atoms with E-state index >= 15 is 0 Å². The summed E-state index contributed by atoms with van der Waals surface area (Å²) in [5.74, 6) is 0. The van der Waals surface area contributed by atoms with Gasteiger partial charge in [0.2, 0.25) is 0 Å². The van der Waals surface area contributed by atoms with Crippen LogP contribution in [0, 0.1) is 12.4 Å². The second-order valence-electron chi connectivity index (χ2n) is 2.28. The molecule has 0 atom stereocenters. The van der Waals surface area contributed by atoms with Gasteiger partial charge in [-0.25, -0.2) is 0 Å². The maximum atomic E-state index is 4.05. The van der Waals surface area contributed by atoms with Crippen LogP contribution >= 0.6 is 11.3 Å². The van der Waals surface area contributed by atoms with Crippen molar-refractivity contribution in [2.75, 3.05) is 0 Å².